The zero-order chi connectivity index (χ0) is 24.6. The minimum absolute atomic E-state index is 0.150. The quantitative estimate of drug-likeness (QED) is 0.428. The number of amides is 1. The van der Waals surface area contributed by atoms with Gasteiger partial charge in [-0.15, -0.1) is 0 Å². The molecule has 3 aromatic rings. The van der Waals surface area contributed by atoms with Crippen LogP contribution in [-0.4, -0.2) is 74.9 Å². The number of hydrogen-bond acceptors (Lipinski definition) is 8. The number of aromatic nitrogens is 1. The van der Waals surface area contributed by atoms with E-state index < -0.39 is 0 Å². The summed E-state index contributed by atoms with van der Waals surface area (Å²) in [5.74, 6) is 1.44. The Morgan fingerprint density at radius 2 is 1.63 bits per heavy atom. The predicted molar refractivity (Wildman–Crippen MR) is 141 cm³/mol. The van der Waals surface area contributed by atoms with Crippen LogP contribution in [0.2, 0.25) is 0 Å². The summed E-state index contributed by atoms with van der Waals surface area (Å²) in [4.78, 5) is 22.4. The van der Waals surface area contributed by atoms with Crippen LogP contribution in [0, 0.1) is 0 Å². The maximum Gasteiger partial charge on any atom is 0.251 e. The van der Waals surface area contributed by atoms with Crippen molar-refractivity contribution in [1.82, 2.24) is 15.2 Å². The van der Waals surface area contributed by atoms with Gasteiger partial charge in [0.05, 0.1) is 30.0 Å². The highest BCUT2D eigenvalue weighted by molar-refractivity contribution is 7.22. The fraction of sp³-hybridized carbons (Fsp3) is 0.462. The number of nitrogens with zero attached hydrogens (tertiary/aromatic N) is 3. The Bertz CT molecular complexity index is 1070. The molecule has 1 aliphatic rings. The molecule has 0 spiro atoms. The first-order valence-electron chi connectivity index (χ1n) is 12.3. The van der Waals surface area contributed by atoms with Gasteiger partial charge in [-0.2, -0.15) is 0 Å². The minimum atomic E-state index is -0.150. The number of benzene rings is 2. The number of para-hydroxylation sites is 1. The van der Waals surface area contributed by atoms with Gasteiger partial charge in [-0.25, -0.2) is 4.98 Å². The van der Waals surface area contributed by atoms with E-state index in [1.165, 1.54) is 4.70 Å². The lowest BCUT2D eigenvalue weighted by Gasteiger charge is -2.34. The molecule has 1 fully saturated rings. The van der Waals surface area contributed by atoms with E-state index in [4.69, 9.17) is 19.2 Å². The molecule has 1 saturated heterocycles. The molecule has 2 aromatic carbocycles. The molecule has 4 rings (SSSR count). The Balaban J connectivity index is 1.30. The number of rotatable bonds is 11. The van der Waals surface area contributed by atoms with Crippen LogP contribution in [0.1, 0.15) is 31.1 Å². The first-order chi connectivity index (χ1) is 17.1. The molecule has 0 bridgehead atoms. The summed E-state index contributed by atoms with van der Waals surface area (Å²) in [7, 11) is 0. The zero-order valence-electron chi connectivity index (χ0n) is 20.7. The van der Waals surface area contributed by atoms with Gasteiger partial charge in [0.1, 0.15) is 0 Å². The standard InChI is InChI=1S/C26H34N4O4S/c1-4-32-21-17-19(18-22(33-5-2)24(21)34-6-3)25(31)27-11-12-29-13-15-30(16-14-29)26-28-20-9-7-8-10-23(20)35-26/h7-10,17-18H,4-6,11-16H2,1-3H3,(H,27,31). The molecule has 9 heteroatoms. The summed E-state index contributed by atoms with van der Waals surface area (Å²) in [6, 6.07) is 11.7. The third kappa shape index (κ3) is 6.15. The molecule has 1 N–H and O–H groups in total. The average molecular weight is 499 g/mol. The van der Waals surface area contributed by atoms with Gasteiger partial charge < -0.3 is 24.4 Å². The first kappa shape index (κ1) is 25.1. The van der Waals surface area contributed by atoms with Gasteiger partial charge in [-0.05, 0) is 45.0 Å². The largest absolute Gasteiger partial charge is 0.490 e. The van der Waals surface area contributed by atoms with E-state index in [0.29, 0.717) is 49.2 Å². The minimum Gasteiger partial charge on any atom is -0.490 e. The molecule has 1 aromatic heterocycles. The maximum atomic E-state index is 12.9. The van der Waals surface area contributed by atoms with Gasteiger partial charge >= 0.3 is 0 Å². The van der Waals surface area contributed by atoms with Crippen LogP contribution in [0.3, 0.4) is 0 Å². The highest BCUT2D eigenvalue weighted by Crippen LogP contribution is 2.39. The van der Waals surface area contributed by atoms with E-state index >= 15 is 0 Å². The zero-order valence-corrected chi connectivity index (χ0v) is 21.5. The van der Waals surface area contributed by atoms with Gasteiger partial charge in [0.25, 0.3) is 5.91 Å². The van der Waals surface area contributed by atoms with Crippen LogP contribution in [0.4, 0.5) is 5.13 Å². The van der Waals surface area contributed by atoms with E-state index in [0.717, 1.165) is 43.4 Å². The number of carbonyl (C=O) groups excluding carboxylic acids is 1. The van der Waals surface area contributed by atoms with Crippen molar-refractivity contribution in [3.05, 3.63) is 42.0 Å². The van der Waals surface area contributed by atoms with Gasteiger partial charge in [0.2, 0.25) is 5.75 Å². The van der Waals surface area contributed by atoms with Gasteiger partial charge in [-0.1, -0.05) is 23.5 Å². The molecule has 0 atom stereocenters. The van der Waals surface area contributed by atoms with Crippen LogP contribution in [0.5, 0.6) is 17.2 Å². The number of ether oxygens (including phenoxy) is 3. The molecule has 8 nitrogen and oxygen atoms in total. The number of thiazole rings is 1. The topological polar surface area (TPSA) is 76.2 Å². The second-order valence-corrected chi connectivity index (χ2v) is 9.16. The summed E-state index contributed by atoms with van der Waals surface area (Å²) in [6.07, 6.45) is 0. The summed E-state index contributed by atoms with van der Waals surface area (Å²) in [5, 5.41) is 4.13. The third-order valence-electron chi connectivity index (χ3n) is 5.81. The highest BCUT2D eigenvalue weighted by atomic mass is 32.1. The third-order valence-corrected chi connectivity index (χ3v) is 6.91. The maximum absolute atomic E-state index is 12.9. The number of nitrogens with one attached hydrogen (secondary N) is 1. The number of anilines is 1. The smallest absolute Gasteiger partial charge is 0.251 e. The van der Waals surface area contributed by atoms with Crippen LogP contribution in [-0.2, 0) is 0 Å². The van der Waals surface area contributed by atoms with Gasteiger partial charge in [-0.3, -0.25) is 9.69 Å². The van der Waals surface area contributed by atoms with Crippen molar-refractivity contribution in [2.45, 2.75) is 20.8 Å². The molecular formula is C26H34N4O4S. The van der Waals surface area contributed by atoms with E-state index in [2.05, 4.69) is 33.3 Å². The number of hydrogen-bond donors (Lipinski definition) is 1. The fourth-order valence-corrected chi connectivity index (χ4v) is 5.12. The molecule has 0 unspecified atom stereocenters. The Kier molecular flexibility index (Phi) is 8.65. The van der Waals surface area contributed by atoms with E-state index in [9.17, 15) is 4.79 Å². The number of carbonyl (C=O) groups is 1. The van der Waals surface area contributed by atoms with E-state index in [-0.39, 0.29) is 5.91 Å². The summed E-state index contributed by atoms with van der Waals surface area (Å²) >= 11 is 1.75. The van der Waals surface area contributed by atoms with Crippen molar-refractivity contribution in [3.63, 3.8) is 0 Å². The average Bonchev–Trinajstić information content (AvgIpc) is 3.31. The lowest BCUT2D eigenvalue weighted by atomic mass is 10.1. The van der Waals surface area contributed by atoms with Crippen LogP contribution < -0.4 is 24.4 Å². The van der Waals surface area contributed by atoms with Crippen LogP contribution in [0.15, 0.2) is 36.4 Å². The molecule has 35 heavy (non-hydrogen) atoms. The van der Waals surface area contributed by atoms with Crippen molar-refractivity contribution in [3.8, 4) is 17.2 Å². The Morgan fingerprint density at radius 3 is 2.26 bits per heavy atom. The van der Waals surface area contributed by atoms with Crippen molar-refractivity contribution < 1.29 is 19.0 Å². The molecule has 1 amide bonds. The highest BCUT2D eigenvalue weighted by Gasteiger charge is 2.21. The first-order valence-corrected chi connectivity index (χ1v) is 13.1. The normalized spacial score (nSPS) is 14.2. The molecule has 1 aliphatic heterocycles. The fourth-order valence-electron chi connectivity index (χ4n) is 4.11. The Hall–Kier alpha value is -3.04. The van der Waals surface area contributed by atoms with E-state index in [1.807, 2.05) is 26.8 Å². The molecule has 2 heterocycles. The van der Waals surface area contributed by atoms with Crippen LogP contribution in [0.25, 0.3) is 10.2 Å². The summed E-state index contributed by atoms with van der Waals surface area (Å²) < 4.78 is 18.4. The second-order valence-electron chi connectivity index (χ2n) is 8.15. The molecule has 188 valence electrons. The van der Waals surface area contributed by atoms with E-state index in [1.54, 1.807) is 23.5 Å². The summed E-state index contributed by atoms with van der Waals surface area (Å²) in [5.41, 5.74) is 1.56. The van der Waals surface area contributed by atoms with Gasteiger partial charge in [0, 0.05) is 44.8 Å². The lowest BCUT2D eigenvalue weighted by Crippen LogP contribution is -2.48. The Labute approximate surface area is 210 Å². The molecule has 0 saturated carbocycles. The van der Waals surface area contributed by atoms with Crippen LogP contribution >= 0.6 is 11.3 Å². The summed E-state index contributed by atoms with van der Waals surface area (Å²) in [6.45, 7) is 12.3. The second kappa shape index (κ2) is 12.1. The molecule has 0 aliphatic carbocycles. The Morgan fingerprint density at radius 1 is 0.971 bits per heavy atom. The number of piperazine rings is 1. The molecule has 0 radical (unpaired) electrons. The van der Waals surface area contributed by atoms with Crippen molar-refractivity contribution in [1.29, 1.82) is 0 Å². The molecular weight excluding hydrogens is 464 g/mol. The monoisotopic (exact) mass is 498 g/mol. The SMILES string of the molecule is CCOc1cc(C(=O)NCCN2CCN(c3nc4ccccc4s3)CC2)cc(OCC)c1OCC. The number of fused-ring (bicyclic) bond motifs is 1. The van der Waals surface area contributed by atoms with Crippen molar-refractivity contribution >= 4 is 32.6 Å². The lowest BCUT2D eigenvalue weighted by molar-refractivity contribution is 0.0946. The van der Waals surface area contributed by atoms with Crippen molar-refractivity contribution in [2.24, 2.45) is 0 Å². The van der Waals surface area contributed by atoms with Gasteiger partial charge in [0.15, 0.2) is 16.6 Å². The predicted octanol–water partition coefficient (Wildman–Crippen LogP) is 4.04. The van der Waals surface area contributed by atoms with Crippen molar-refractivity contribution in [2.75, 3.05) is 64.0 Å².